The third-order valence-electron chi connectivity index (χ3n) is 2.93. The van der Waals surface area contributed by atoms with Crippen molar-refractivity contribution in [1.29, 1.82) is 0 Å². The predicted molar refractivity (Wildman–Crippen MR) is 67.6 cm³/mol. The minimum Gasteiger partial charge on any atom is -0.311 e. The molecular weight excluding hydrogens is 254 g/mol. The van der Waals surface area contributed by atoms with Gasteiger partial charge in [0.1, 0.15) is 5.25 Å². The normalized spacial score (nSPS) is 20.5. The first kappa shape index (κ1) is 13.0. The topological polar surface area (TPSA) is 93.4 Å². The van der Waals surface area contributed by atoms with Gasteiger partial charge >= 0.3 is 0 Å². The Morgan fingerprint density at radius 2 is 1.89 bits per heavy atom. The monoisotopic (exact) mass is 269 g/mol. The lowest BCUT2D eigenvalue weighted by Crippen LogP contribution is -2.32. The van der Waals surface area contributed by atoms with Crippen LogP contribution in [0.5, 0.6) is 0 Å². The van der Waals surface area contributed by atoms with E-state index in [1.54, 1.807) is 12.1 Å². The molecule has 0 bridgehead atoms. The Kier molecular flexibility index (Phi) is 3.12. The van der Waals surface area contributed by atoms with E-state index in [2.05, 4.69) is 4.98 Å². The van der Waals surface area contributed by atoms with E-state index in [4.69, 9.17) is 5.14 Å². The number of hydrogen-bond acceptors (Lipinski definition) is 4. The van der Waals surface area contributed by atoms with Gasteiger partial charge in [-0.05, 0) is 26.0 Å². The summed E-state index contributed by atoms with van der Waals surface area (Å²) in [6.45, 7) is 3.77. The summed E-state index contributed by atoms with van der Waals surface area (Å²) in [7, 11) is -3.67. The second-order valence-electron chi connectivity index (χ2n) is 4.53. The van der Waals surface area contributed by atoms with Crippen LogP contribution in [0.4, 0.5) is 5.69 Å². The fourth-order valence-electron chi connectivity index (χ4n) is 2.11. The first-order chi connectivity index (χ1) is 8.27. The number of nitrogens with zero attached hydrogens (tertiary/aromatic N) is 2. The van der Waals surface area contributed by atoms with E-state index in [0.717, 1.165) is 11.4 Å². The van der Waals surface area contributed by atoms with Gasteiger partial charge in [-0.2, -0.15) is 0 Å². The second-order valence-corrected chi connectivity index (χ2v) is 6.37. The van der Waals surface area contributed by atoms with Crippen molar-refractivity contribution < 1.29 is 13.2 Å². The summed E-state index contributed by atoms with van der Waals surface area (Å²) in [5.74, 6) is -0.223. The van der Waals surface area contributed by atoms with E-state index in [1.165, 1.54) is 4.90 Å². The number of amides is 1. The van der Waals surface area contributed by atoms with E-state index in [0.29, 0.717) is 5.69 Å². The Labute approximate surface area is 106 Å². The van der Waals surface area contributed by atoms with Crippen LogP contribution in [0.2, 0.25) is 0 Å². The van der Waals surface area contributed by atoms with Gasteiger partial charge in [0, 0.05) is 30.0 Å². The van der Waals surface area contributed by atoms with Gasteiger partial charge in [-0.1, -0.05) is 0 Å². The molecule has 1 atom stereocenters. The van der Waals surface area contributed by atoms with Crippen LogP contribution in [0, 0.1) is 13.8 Å². The Hall–Kier alpha value is -1.47. The summed E-state index contributed by atoms with van der Waals surface area (Å²) in [5.41, 5.74) is 2.25. The van der Waals surface area contributed by atoms with Gasteiger partial charge in [0.25, 0.3) is 0 Å². The highest BCUT2D eigenvalue weighted by Crippen LogP contribution is 2.25. The van der Waals surface area contributed by atoms with Crippen LogP contribution in [0.25, 0.3) is 0 Å². The second kappa shape index (κ2) is 4.33. The van der Waals surface area contributed by atoms with Gasteiger partial charge < -0.3 is 4.90 Å². The number of anilines is 1. The average Bonchev–Trinajstić information content (AvgIpc) is 2.58. The Balaban J connectivity index is 2.32. The van der Waals surface area contributed by atoms with Crippen molar-refractivity contribution in [1.82, 2.24) is 4.98 Å². The number of carbonyl (C=O) groups is 1. The average molecular weight is 269 g/mol. The molecule has 0 aliphatic carbocycles. The number of sulfonamides is 1. The van der Waals surface area contributed by atoms with Crippen molar-refractivity contribution in [3.8, 4) is 0 Å². The molecule has 1 aromatic rings. The molecule has 0 spiro atoms. The molecule has 0 saturated carbocycles. The molecule has 0 aromatic carbocycles. The molecule has 2 rings (SSSR count). The zero-order valence-electron chi connectivity index (χ0n) is 10.3. The fraction of sp³-hybridized carbons (Fsp3) is 0.455. The van der Waals surface area contributed by atoms with Crippen LogP contribution in [-0.4, -0.2) is 31.1 Å². The first-order valence-electron chi connectivity index (χ1n) is 5.54. The van der Waals surface area contributed by atoms with Crippen molar-refractivity contribution in [2.75, 3.05) is 11.4 Å². The summed E-state index contributed by atoms with van der Waals surface area (Å²) in [6, 6.07) is 3.52. The molecule has 18 heavy (non-hydrogen) atoms. The maximum atomic E-state index is 11.8. The van der Waals surface area contributed by atoms with E-state index < -0.39 is 15.3 Å². The lowest BCUT2D eigenvalue weighted by atomic mass is 10.2. The van der Waals surface area contributed by atoms with Crippen LogP contribution in [0.3, 0.4) is 0 Å². The summed E-state index contributed by atoms with van der Waals surface area (Å²) in [5, 5.41) is 4.26. The third kappa shape index (κ3) is 2.51. The van der Waals surface area contributed by atoms with Crippen molar-refractivity contribution in [2.24, 2.45) is 5.14 Å². The zero-order chi connectivity index (χ0) is 13.5. The first-order valence-corrected chi connectivity index (χ1v) is 7.15. The van der Waals surface area contributed by atoms with Gasteiger partial charge in [-0.3, -0.25) is 9.78 Å². The molecule has 1 aromatic heterocycles. The Bertz CT molecular complexity index is 577. The zero-order valence-corrected chi connectivity index (χ0v) is 11.1. The molecule has 6 nitrogen and oxygen atoms in total. The Morgan fingerprint density at radius 1 is 1.33 bits per heavy atom. The van der Waals surface area contributed by atoms with Gasteiger partial charge in [-0.15, -0.1) is 0 Å². The highest BCUT2D eigenvalue weighted by atomic mass is 32.2. The summed E-state index contributed by atoms with van der Waals surface area (Å²) in [4.78, 5) is 17.5. The molecule has 1 saturated heterocycles. The lowest BCUT2D eigenvalue weighted by molar-refractivity contribution is -0.117. The standard InChI is InChI=1S/C11H15N3O3S/c1-7-3-9(4-8(2)13-7)14-6-10(5-11(14)15)18(12,16)17/h3-4,10H,5-6H2,1-2H3,(H2,12,16,17). The van der Waals surface area contributed by atoms with Crippen LogP contribution in [0.15, 0.2) is 12.1 Å². The number of aromatic nitrogens is 1. The minimum absolute atomic E-state index is 0.0563. The van der Waals surface area contributed by atoms with Crippen molar-refractivity contribution >= 4 is 21.6 Å². The van der Waals surface area contributed by atoms with Crippen molar-refractivity contribution in [3.05, 3.63) is 23.5 Å². The molecular formula is C11H15N3O3S. The number of nitrogens with two attached hydrogens (primary N) is 1. The van der Waals surface area contributed by atoms with Crippen molar-refractivity contribution in [3.63, 3.8) is 0 Å². The predicted octanol–water partition coefficient (Wildman–Crippen LogP) is 0.0922. The largest absolute Gasteiger partial charge is 0.311 e. The molecule has 1 aliphatic rings. The molecule has 0 radical (unpaired) electrons. The highest BCUT2D eigenvalue weighted by Gasteiger charge is 2.37. The summed E-state index contributed by atoms with van der Waals surface area (Å²) in [6.07, 6.45) is -0.0563. The number of pyridine rings is 1. The highest BCUT2D eigenvalue weighted by molar-refractivity contribution is 7.89. The van der Waals surface area contributed by atoms with Crippen LogP contribution in [0.1, 0.15) is 17.8 Å². The number of aryl methyl sites for hydroxylation is 2. The van der Waals surface area contributed by atoms with Gasteiger partial charge in [0.15, 0.2) is 0 Å². The SMILES string of the molecule is Cc1cc(N2CC(S(N)(=O)=O)CC2=O)cc(C)n1. The molecule has 98 valence electrons. The fourth-order valence-corrected chi connectivity index (χ4v) is 2.84. The van der Waals surface area contributed by atoms with Gasteiger partial charge in [-0.25, -0.2) is 13.6 Å². The third-order valence-corrected chi connectivity index (χ3v) is 4.18. The molecule has 7 heteroatoms. The Morgan fingerprint density at radius 3 is 2.33 bits per heavy atom. The lowest BCUT2D eigenvalue weighted by Gasteiger charge is -2.17. The number of primary sulfonamides is 1. The van der Waals surface area contributed by atoms with Crippen LogP contribution >= 0.6 is 0 Å². The molecule has 1 unspecified atom stereocenters. The van der Waals surface area contributed by atoms with Crippen LogP contribution < -0.4 is 10.0 Å². The maximum Gasteiger partial charge on any atom is 0.228 e. The molecule has 2 heterocycles. The van der Waals surface area contributed by atoms with E-state index in [9.17, 15) is 13.2 Å². The van der Waals surface area contributed by atoms with Gasteiger partial charge in [0.2, 0.25) is 15.9 Å². The maximum absolute atomic E-state index is 11.8. The van der Waals surface area contributed by atoms with Crippen LogP contribution in [-0.2, 0) is 14.8 Å². The quantitative estimate of drug-likeness (QED) is 0.823. The molecule has 2 N–H and O–H groups in total. The number of carbonyl (C=O) groups excluding carboxylic acids is 1. The summed E-state index contributed by atoms with van der Waals surface area (Å²) >= 11 is 0. The molecule has 1 aliphatic heterocycles. The van der Waals surface area contributed by atoms with Gasteiger partial charge in [0.05, 0.1) is 0 Å². The van der Waals surface area contributed by atoms with E-state index in [-0.39, 0.29) is 18.9 Å². The number of hydrogen-bond donors (Lipinski definition) is 1. The number of rotatable bonds is 2. The van der Waals surface area contributed by atoms with E-state index in [1.807, 2.05) is 13.8 Å². The van der Waals surface area contributed by atoms with Crippen molar-refractivity contribution in [2.45, 2.75) is 25.5 Å². The smallest absolute Gasteiger partial charge is 0.228 e. The minimum atomic E-state index is -3.67. The molecule has 1 fully saturated rings. The molecule has 1 amide bonds. The van der Waals surface area contributed by atoms with E-state index >= 15 is 0 Å². The summed E-state index contributed by atoms with van der Waals surface area (Å²) < 4.78 is 22.6.